The van der Waals surface area contributed by atoms with Crippen molar-refractivity contribution in [2.45, 2.75) is 32.5 Å². The Morgan fingerprint density at radius 2 is 1.94 bits per heavy atom. The van der Waals surface area contributed by atoms with Crippen molar-refractivity contribution < 1.29 is 13.2 Å². The minimum absolute atomic E-state index is 0.0841. The summed E-state index contributed by atoms with van der Waals surface area (Å²) >= 11 is 0. The first-order chi connectivity index (χ1) is 8.31. The monoisotopic (exact) mass is 261 g/mol. The van der Waals surface area contributed by atoms with Crippen LogP contribution in [0.1, 0.15) is 37.4 Å². The topological polar surface area (TPSA) is 64.1 Å². The lowest BCUT2D eigenvalue weighted by Gasteiger charge is -2.24. The molecular formula is C12H18F3N3. The third-order valence-corrected chi connectivity index (χ3v) is 3.14. The van der Waals surface area contributed by atoms with Crippen LogP contribution in [0, 0.1) is 5.92 Å². The van der Waals surface area contributed by atoms with Gasteiger partial charge in [-0.25, -0.2) is 0 Å². The fourth-order valence-electron chi connectivity index (χ4n) is 1.82. The van der Waals surface area contributed by atoms with Crippen molar-refractivity contribution in [3.05, 3.63) is 29.3 Å². The van der Waals surface area contributed by atoms with Crippen molar-refractivity contribution in [2.75, 3.05) is 5.73 Å². The van der Waals surface area contributed by atoms with Crippen LogP contribution in [-0.2, 0) is 6.18 Å². The van der Waals surface area contributed by atoms with Gasteiger partial charge in [0.15, 0.2) is 0 Å². The first-order valence-corrected chi connectivity index (χ1v) is 5.74. The molecule has 0 heterocycles. The number of hydrogen-bond donors (Lipinski definition) is 3. The van der Waals surface area contributed by atoms with E-state index in [2.05, 4.69) is 5.43 Å². The van der Waals surface area contributed by atoms with Gasteiger partial charge in [0, 0.05) is 5.69 Å². The molecule has 18 heavy (non-hydrogen) atoms. The lowest BCUT2D eigenvalue weighted by molar-refractivity contribution is -0.137. The predicted octanol–water partition coefficient (Wildman–Crippen LogP) is 2.84. The molecule has 0 aliphatic carbocycles. The van der Waals surface area contributed by atoms with Gasteiger partial charge in [-0.15, -0.1) is 0 Å². The summed E-state index contributed by atoms with van der Waals surface area (Å²) in [6.45, 7) is 3.85. The van der Waals surface area contributed by atoms with E-state index in [1.807, 2.05) is 13.8 Å². The van der Waals surface area contributed by atoms with Crippen molar-refractivity contribution >= 4 is 5.69 Å². The fraction of sp³-hybridized carbons (Fsp3) is 0.500. The van der Waals surface area contributed by atoms with Crippen LogP contribution < -0.4 is 17.0 Å². The molecule has 0 saturated heterocycles. The number of anilines is 1. The van der Waals surface area contributed by atoms with Gasteiger partial charge >= 0.3 is 6.18 Å². The zero-order chi connectivity index (χ0) is 13.9. The lowest BCUT2D eigenvalue weighted by atomic mass is 9.91. The van der Waals surface area contributed by atoms with Crippen molar-refractivity contribution in [1.82, 2.24) is 5.43 Å². The maximum atomic E-state index is 12.7. The second-order valence-electron chi connectivity index (χ2n) is 4.37. The smallest absolute Gasteiger partial charge is 0.398 e. The van der Waals surface area contributed by atoms with Crippen LogP contribution in [0.2, 0.25) is 0 Å². The number of nitrogen functional groups attached to an aromatic ring is 1. The molecular weight excluding hydrogens is 243 g/mol. The Hall–Kier alpha value is -1.27. The second-order valence-corrected chi connectivity index (χ2v) is 4.37. The number of benzene rings is 1. The number of rotatable bonds is 4. The molecule has 102 valence electrons. The molecule has 6 heteroatoms. The third kappa shape index (κ3) is 3.14. The number of hydrazine groups is 1. The first kappa shape index (κ1) is 14.8. The van der Waals surface area contributed by atoms with Gasteiger partial charge in [0.05, 0.1) is 11.6 Å². The molecule has 0 aliphatic heterocycles. The van der Waals surface area contributed by atoms with E-state index >= 15 is 0 Å². The molecule has 2 unspecified atom stereocenters. The summed E-state index contributed by atoms with van der Waals surface area (Å²) in [5.41, 5.74) is 8.27. The summed E-state index contributed by atoms with van der Waals surface area (Å²) in [6, 6.07) is 2.91. The SMILES string of the molecule is CCC(C)C(NN)c1cc(C(F)(F)F)ccc1N. The van der Waals surface area contributed by atoms with Crippen molar-refractivity contribution in [3.63, 3.8) is 0 Å². The number of halogens is 3. The van der Waals surface area contributed by atoms with Gasteiger partial charge in [-0.1, -0.05) is 20.3 Å². The lowest BCUT2D eigenvalue weighted by Crippen LogP contribution is -2.33. The van der Waals surface area contributed by atoms with Gasteiger partial charge < -0.3 is 5.73 Å². The Morgan fingerprint density at radius 1 is 1.33 bits per heavy atom. The largest absolute Gasteiger partial charge is 0.416 e. The summed E-state index contributed by atoms with van der Waals surface area (Å²) in [4.78, 5) is 0. The van der Waals surface area contributed by atoms with Crippen LogP contribution in [-0.4, -0.2) is 0 Å². The van der Waals surface area contributed by atoms with E-state index in [0.717, 1.165) is 18.6 Å². The third-order valence-electron chi connectivity index (χ3n) is 3.14. The summed E-state index contributed by atoms with van der Waals surface area (Å²) in [6.07, 6.45) is -3.60. The highest BCUT2D eigenvalue weighted by atomic mass is 19.4. The Morgan fingerprint density at radius 3 is 2.39 bits per heavy atom. The Labute approximate surface area is 104 Å². The van der Waals surface area contributed by atoms with Gasteiger partial charge in [0.1, 0.15) is 0 Å². The van der Waals surface area contributed by atoms with Crippen molar-refractivity contribution in [1.29, 1.82) is 0 Å². The van der Waals surface area contributed by atoms with Crippen LogP contribution >= 0.6 is 0 Å². The van der Waals surface area contributed by atoms with Crippen LogP contribution in [0.5, 0.6) is 0 Å². The molecule has 0 amide bonds. The summed E-state index contributed by atoms with van der Waals surface area (Å²) < 4.78 is 38.0. The normalized spacial score (nSPS) is 15.4. The predicted molar refractivity (Wildman–Crippen MR) is 65.4 cm³/mol. The van der Waals surface area contributed by atoms with E-state index in [4.69, 9.17) is 11.6 Å². The van der Waals surface area contributed by atoms with E-state index < -0.39 is 17.8 Å². The molecule has 5 N–H and O–H groups in total. The Balaban J connectivity index is 3.21. The highest BCUT2D eigenvalue weighted by molar-refractivity contribution is 5.51. The average Bonchev–Trinajstić information content (AvgIpc) is 2.30. The minimum Gasteiger partial charge on any atom is -0.398 e. The van der Waals surface area contributed by atoms with Crippen molar-refractivity contribution in [3.8, 4) is 0 Å². The average molecular weight is 261 g/mol. The van der Waals surface area contributed by atoms with Gasteiger partial charge in [0.25, 0.3) is 0 Å². The molecule has 0 bridgehead atoms. The van der Waals surface area contributed by atoms with Gasteiger partial charge in [-0.05, 0) is 29.7 Å². The molecule has 0 saturated carbocycles. The van der Waals surface area contributed by atoms with E-state index in [-0.39, 0.29) is 5.92 Å². The standard InChI is InChI=1S/C12H18F3N3/c1-3-7(2)11(18-17)9-6-8(12(13,14)15)4-5-10(9)16/h4-7,11,18H,3,16-17H2,1-2H3. The van der Waals surface area contributed by atoms with Gasteiger partial charge in [-0.2, -0.15) is 13.2 Å². The summed E-state index contributed by atoms with van der Waals surface area (Å²) in [5.74, 6) is 5.51. The number of nitrogens with two attached hydrogens (primary N) is 2. The Bertz CT molecular complexity index is 404. The fourth-order valence-corrected chi connectivity index (χ4v) is 1.82. The van der Waals surface area contributed by atoms with Crippen molar-refractivity contribution in [2.24, 2.45) is 11.8 Å². The minimum atomic E-state index is -4.38. The maximum absolute atomic E-state index is 12.7. The van der Waals surface area contributed by atoms with E-state index in [0.29, 0.717) is 11.3 Å². The number of hydrogen-bond acceptors (Lipinski definition) is 3. The summed E-state index contributed by atoms with van der Waals surface area (Å²) in [5, 5.41) is 0. The Kier molecular flexibility index (Phi) is 4.59. The first-order valence-electron chi connectivity index (χ1n) is 5.74. The van der Waals surface area contributed by atoms with E-state index in [1.165, 1.54) is 6.07 Å². The molecule has 0 aromatic heterocycles. The van der Waals surface area contributed by atoms with E-state index in [9.17, 15) is 13.2 Å². The highest BCUT2D eigenvalue weighted by Crippen LogP contribution is 2.35. The molecule has 3 nitrogen and oxygen atoms in total. The molecule has 1 aromatic rings. The summed E-state index contributed by atoms with van der Waals surface area (Å²) in [7, 11) is 0. The molecule has 0 fully saturated rings. The van der Waals surface area contributed by atoms with Crippen LogP contribution in [0.25, 0.3) is 0 Å². The highest BCUT2D eigenvalue weighted by Gasteiger charge is 2.32. The number of nitrogens with one attached hydrogen (secondary N) is 1. The zero-order valence-electron chi connectivity index (χ0n) is 10.4. The van der Waals surface area contributed by atoms with Crippen LogP contribution in [0.4, 0.5) is 18.9 Å². The van der Waals surface area contributed by atoms with Gasteiger partial charge in [-0.3, -0.25) is 11.3 Å². The molecule has 0 spiro atoms. The molecule has 1 aromatic carbocycles. The quantitative estimate of drug-likeness (QED) is 0.443. The van der Waals surface area contributed by atoms with E-state index in [1.54, 1.807) is 0 Å². The molecule has 2 atom stereocenters. The molecule has 1 rings (SSSR count). The van der Waals surface area contributed by atoms with Gasteiger partial charge in [0.2, 0.25) is 0 Å². The molecule has 0 radical (unpaired) electrons. The number of alkyl halides is 3. The maximum Gasteiger partial charge on any atom is 0.416 e. The van der Waals surface area contributed by atoms with Crippen LogP contribution in [0.15, 0.2) is 18.2 Å². The zero-order valence-corrected chi connectivity index (χ0v) is 10.4. The second kappa shape index (κ2) is 5.58. The molecule has 0 aliphatic rings. The van der Waals surface area contributed by atoms with Crippen LogP contribution in [0.3, 0.4) is 0 Å².